The maximum absolute atomic E-state index is 11.8. The number of aromatic nitrogens is 2. The summed E-state index contributed by atoms with van der Waals surface area (Å²) in [7, 11) is 0. The molecule has 0 spiro atoms. The van der Waals surface area contributed by atoms with Crippen LogP contribution in [0.3, 0.4) is 0 Å². The van der Waals surface area contributed by atoms with E-state index in [0.29, 0.717) is 5.56 Å². The fraction of sp³-hybridized carbons (Fsp3) is 0.100. The Morgan fingerprint density at radius 1 is 1.25 bits per heavy atom. The van der Waals surface area contributed by atoms with E-state index in [9.17, 15) is 4.79 Å². The van der Waals surface area contributed by atoms with E-state index < -0.39 is 0 Å². The predicted molar refractivity (Wildman–Crippen MR) is 60.2 cm³/mol. The van der Waals surface area contributed by atoms with E-state index in [1.807, 2.05) is 23.6 Å². The molecule has 1 aromatic carbocycles. The standard InChI is InChI=1S/C10H8N4OS/c15-10-6-3-1-2-4-7(6)11-9(12-10)8-5-16-14-13-8/h1-5,9,11H,(H,12,15)/t9-/m1/s1. The summed E-state index contributed by atoms with van der Waals surface area (Å²) in [4.78, 5) is 11.8. The zero-order valence-electron chi connectivity index (χ0n) is 8.18. The molecule has 1 amide bonds. The van der Waals surface area contributed by atoms with E-state index in [4.69, 9.17) is 0 Å². The normalized spacial score (nSPS) is 18.5. The fourth-order valence-corrected chi connectivity index (χ4v) is 2.13. The number of hydrogen-bond acceptors (Lipinski definition) is 5. The highest BCUT2D eigenvalue weighted by molar-refractivity contribution is 7.03. The van der Waals surface area contributed by atoms with Gasteiger partial charge in [-0.3, -0.25) is 4.79 Å². The first-order valence-electron chi connectivity index (χ1n) is 4.78. The third kappa shape index (κ3) is 1.43. The van der Waals surface area contributed by atoms with Crippen molar-refractivity contribution in [3.8, 4) is 0 Å². The lowest BCUT2D eigenvalue weighted by Gasteiger charge is -2.26. The van der Waals surface area contributed by atoms with Gasteiger partial charge in [-0.15, -0.1) is 5.10 Å². The molecular weight excluding hydrogens is 224 g/mol. The number of hydrogen-bond donors (Lipinski definition) is 2. The molecule has 0 unspecified atom stereocenters. The number of carbonyl (C=O) groups excluding carboxylic acids is 1. The Morgan fingerprint density at radius 2 is 2.12 bits per heavy atom. The van der Waals surface area contributed by atoms with Gasteiger partial charge in [-0.05, 0) is 23.7 Å². The average Bonchev–Trinajstić information content (AvgIpc) is 2.82. The van der Waals surface area contributed by atoms with Crippen molar-refractivity contribution in [2.45, 2.75) is 6.17 Å². The van der Waals surface area contributed by atoms with Crippen LogP contribution in [-0.2, 0) is 0 Å². The molecule has 1 aliphatic rings. The van der Waals surface area contributed by atoms with Gasteiger partial charge in [0.2, 0.25) is 0 Å². The highest BCUT2D eigenvalue weighted by atomic mass is 32.1. The van der Waals surface area contributed by atoms with Gasteiger partial charge in [-0.25, -0.2) is 0 Å². The first-order valence-corrected chi connectivity index (χ1v) is 5.61. The molecule has 5 nitrogen and oxygen atoms in total. The van der Waals surface area contributed by atoms with Crippen molar-refractivity contribution in [3.05, 3.63) is 40.9 Å². The Bertz CT molecular complexity index is 525. The van der Waals surface area contributed by atoms with Crippen LogP contribution in [-0.4, -0.2) is 15.5 Å². The van der Waals surface area contributed by atoms with Crippen molar-refractivity contribution in [1.29, 1.82) is 0 Å². The Morgan fingerprint density at radius 3 is 2.94 bits per heavy atom. The summed E-state index contributed by atoms with van der Waals surface area (Å²) < 4.78 is 3.78. The van der Waals surface area contributed by atoms with Crippen LogP contribution in [0.2, 0.25) is 0 Å². The largest absolute Gasteiger partial charge is 0.360 e. The fourth-order valence-electron chi connectivity index (χ4n) is 1.65. The van der Waals surface area contributed by atoms with E-state index in [-0.39, 0.29) is 12.1 Å². The molecule has 0 aliphatic carbocycles. The van der Waals surface area contributed by atoms with Crippen LogP contribution in [0.15, 0.2) is 29.6 Å². The third-order valence-corrected chi connectivity index (χ3v) is 2.94. The van der Waals surface area contributed by atoms with Gasteiger partial charge in [-0.1, -0.05) is 16.6 Å². The lowest BCUT2D eigenvalue weighted by atomic mass is 10.1. The summed E-state index contributed by atoms with van der Waals surface area (Å²) in [6, 6.07) is 7.39. The second-order valence-electron chi connectivity index (χ2n) is 3.43. The molecule has 0 saturated heterocycles. The maximum Gasteiger partial charge on any atom is 0.255 e. The van der Waals surface area contributed by atoms with Crippen LogP contribution in [0, 0.1) is 0 Å². The van der Waals surface area contributed by atoms with Gasteiger partial charge < -0.3 is 10.6 Å². The second-order valence-corrected chi connectivity index (χ2v) is 4.04. The van der Waals surface area contributed by atoms with Crippen molar-refractivity contribution in [3.63, 3.8) is 0 Å². The van der Waals surface area contributed by atoms with Crippen LogP contribution < -0.4 is 10.6 Å². The molecule has 1 atom stereocenters. The summed E-state index contributed by atoms with van der Waals surface area (Å²) in [5.74, 6) is -0.0904. The molecule has 1 aromatic heterocycles. The number of benzene rings is 1. The lowest BCUT2D eigenvalue weighted by Crippen LogP contribution is -2.38. The molecule has 0 radical (unpaired) electrons. The molecule has 2 heterocycles. The SMILES string of the molecule is O=C1N[C@H](c2csnn2)Nc2ccccc21. The molecule has 2 aromatic rings. The first kappa shape index (κ1) is 9.29. The van der Waals surface area contributed by atoms with Gasteiger partial charge in [0.05, 0.1) is 5.56 Å². The Kier molecular flexibility index (Phi) is 2.07. The van der Waals surface area contributed by atoms with Crippen LogP contribution in [0.1, 0.15) is 22.2 Å². The number of para-hydroxylation sites is 1. The van der Waals surface area contributed by atoms with Crippen LogP contribution in [0.25, 0.3) is 0 Å². The molecule has 1 aliphatic heterocycles. The van der Waals surface area contributed by atoms with Gasteiger partial charge in [-0.2, -0.15) is 0 Å². The van der Waals surface area contributed by atoms with E-state index in [1.54, 1.807) is 6.07 Å². The summed E-state index contributed by atoms with van der Waals surface area (Å²) in [6.45, 7) is 0. The van der Waals surface area contributed by atoms with Gasteiger partial charge >= 0.3 is 0 Å². The van der Waals surface area contributed by atoms with Crippen molar-refractivity contribution in [2.24, 2.45) is 0 Å². The number of nitrogens with one attached hydrogen (secondary N) is 2. The number of rotatable bonds is 1. The zero-order valence-corrected chi connectivity index (χ0v) is 8.99. The molecule has 3 rings (SSSR count). The average molecular weight is 232 g/mol. The number of amides is 1. The number of anilines is 1. The predicted octanol–water partition coefficient (Wildman–Crippen LogP) is 1.39. The molecule has 6 heteroatoms. The van der Waals surface area contributed by atoms with E-state index in [1.165, 1.54) is 11.5 Å². The Balaban J connectivity index is 1.98. The monoisotopic (exact) mass is 232 g/mol. The zero-order chi connectivity index (χ0) is 11.0. The van der Waals surface area contributed by atoms with Crippen molar-refractivity contribution in [2.75, 3.05) is 5.32 Å². The lowest BCUT2D eigenvalue weighted by molar-refractivity contribution is 0.0935. The van der Waals surface area contributed by atoms with Gasteiger partial charge in [0.15, 0.2) is 0 Å². The van der Waals surface area contributed by atoms with Crippen LogP contribution in [0.4, 0.5) is 5.69 Å². The minimum absolute atomic E-state index is 0.0904. The summed E-state index contributed by atoms with van der Waals surface area (Å²) >= 11 is 1.26. The van der Waals surface area contributed by atoms with Gasteiger partial charge in [0, 0.05) is 11.1 Å². The molecule has 80 valence electrons. The van der Waals surface area contributed by atoms with Crippen molar-refractivity contribution < 1.29 is 4.79 Å². The Hall–Kier alpha value is -1.95. The maximum atomic E-state index is 11.8. The highest BCUT2D eigenvalue weighted by Crippen LogP contribution is 2.25. The molecular formula is C10H8N4OS. The smallest absolute Gasteiger partial charge is 0.255 e. The summed E-state index contributed by atoms with van der Waals surface area (Å²) in [6.07, 6.45) is -0.291. The van der Waals surface area contributed by atoms with Gasteiger partial charge in [0.25, 0.3) is 5.91 Å². The molecule has 0 saturated carbocycles. The minimum Gasteiger partial charge on any atom is -0.360 e. The molecule has 2 N–H and O–H groups in total. The quantitative estimate of drug-likeness (QED) is 0.779. The molecule has 0 fully saturated rings. The first-order chi connectivity index (χ1) is 7.84. The molecule has 16 heavy (non-hydrogen) atoms. The van der Waals surface area contributed by atoms with Crippen molar-refractivity contribution in [1.82, 2.24) is 14.9 Å². The van der Waals surface area contributed by atoms with E-state index in [2.05, 4.69) is 20.2 Å². The van der Waals surface area contributed by atoms with Crippen molar-refractivity contribution >= 4 is 23.1 Å². The second kappa shape index (κ2) is 3.57. The topological polar surface area (TPSA) is 66.9 Å². The number of nitrogens with zero attached hydrogens (tertiary/aromatic N) is 2. The Labute approximate surface area is 95.7 Å². The van der Waals surface area contributed by atoms with E-state index >= 15 is 0 Å². The summed E-state index contributed by atoms with van der Waals surface area (Å²) in [5, 5.41) is 11.8. The van der Waals surface area contributed by atoms with E-state index in [0.717, 1.165) is 11.4 Å². The number of carbonyl (C=O) groups is 1. The summed E-state index contributed by atoms with van der Waals surface area (Å²) in [5.41, 5.74) is 2.21. The minimum atomic E-state index is -0.291. The number of fused-ring (bicyclic) bond motifs is 1. The van der Waals surface area contributed by atoms with Gasteiger partial charge in [0.1, 0.15) is 11.9 Å². The van der Waals surface area contributed by atoms with Crippen LogP contribution in [0.5, 0.6) is 0 Å². The van der Waals surface area contributed by atoms with Crippen LogP contribution >= 0.6 is 11.5 Å². The third-order valence-electron chi connectivity index (χ3n) is 2.42. The highest BCUT2D eigenvalue weighted by Gasteiger charge is 2.25. The molecule has 0 bridgehead atoms.